The highest BCUT2D eigenvalue weighted by Crippen LogP contribution is 2.30. The Bertz CT molecular complexity index is 883. The van der Waals surface area contributed by atoms with E-state index in [9.17, 15) is 4.39 Å². The number of hydrogen-bond acceptors (Lipinski definition) is 4. The molecular formula is C20H22FN5. The maximum Gasteiger partial charge on any atom is 0.223 e. The van der Waals surface area contributed by atoms with E-state index >= 15 is 0 Å². The number of benzene rings is 1. The highest BCUT2D eigenvalue weighted by atomic mass is 19.1. The lowest BCUT2D eigenvalue weighted by Crippen LogP contribution is -2.04. The number of nitrogens with zero attached hydrogens (tertiary/aromatic N) is 4. The van der Waals surface area contributed by atoms with Gasteiger partial charge in [-0.2, -0.15) is 5.10 Å². The van der Waals surface area contributed by atoms with Gasteiger partial charge in [0.2, 0.25) is 5.95 Å². The summed E-state index contributed by atoms with van der Waals surface area (Å²) in [5.41, 5.74) is 3.28. The molecule has 0 aliphatic rings. The molecule has 0 aliphatic heterocycles. The van der Waals surface area contributed by atoms with Crippen molar-refractivity contribution in [3.05, 3.63) is 61.2 Å². The van der Waals surface area contributed by atoms with Gasteiger partial charge in [0.15, 0.2) is 0 Å². The second-order valence-corrected chi connectivity index (χ2v) is 6.45. The summed E-state index contributed by atoms with van der Waals surface area (Å²) in [6.07, 6.45) is 5.45. The predicted molar refractivity (Wildman–Crippen MR) is 102 cm³/mol. The number of rotatable bonds is 7. The van der Waals surface area contributed by atoms with Gasteiger partial charge in [-0.3, -0.25) is 4.68 Å². The van der Waals surface area contributed by atoms with E-state index in [1.807, 2.05) is 16.9 Å². The Balaban J connectivity index is 2.05. The molecule has 2 heterocycles. The van der Waals surface area contributed by atoms with E-state index in [1.54, 1.807) is 24.4 Å². The van der Waals surface area contributed by atoms with Crippen molar-refractivity contribution in [1.29, 1.82) is 0 Å². The summed E-state index contributed by atoms with van der Waals surface area (Å²) in [4.78, 5) is 8.80. The zero-order valence-electron chi connectivity index (χ0n) is 15.0. The number of aromatic nitrogens is 4. The fourth-order valence-corrected chi connectivity index (χ4v) is 2.65. The normalized spacial score (nSPS) is 10.9. The molecule has 26 heavy (non-hydrogen) atoms. The van der Waals surface area contributed by atoms with E-state index in [0.717, 1.165) is 29.1 Å². The maximum absolute atomic E-state index is 13.3. The summed E-state index contributed by atoms with van der Waals surface area (Å²) in [6.45, 7) is 9.34. The maximum atomic E-state index is 13.3. The Morgan fingerprint density at radius 1 is 1.23 bits per heavy atom. The first kappa shape index (κ1) is 17.8. The van der Waals surface area contributed by atoms with Crippen LogP contribution >= 0.6 is 0 Å². The zero-order chi connectivity index (χ0) is 18.5. The number of halogens is 1. The van der Waals surface area contributed by atoms with Crippen molar-refractivity contribution in [3.8, 4) is 22.5 Å². The van der Waals surface area contributed by atoms with Gasteiger partial charge in [-0.25, -0.2) is 14.4 Å². The fourth-order valence-electron chi connectivity index (χ4n) is 2.65. The summed E-state index contributed by atoms with van der Waals surface area (Å²) in [5.74, 6) is 0.720. The third-order valence-corrected chi connectivity index (χ3v) is 3.77. The predicted octanol–water partition coefficient (Wildman–Crippen LogP) is 4.40. The van der Waals surface area contributed by atoms with Crippen LogP contribution in [0, 0.1) is 11.7 Å². The molecule has 5 nitrogen and oxygen atoms in total. The molecule has 0 fully saturated rings. The highest BCUT2D eigenvalue weighted by Gasteiger charge is 2.15. The molecule has 0 spiro atoms. The van der Waals surface area contributed by atoms with E-state index in [2.05, 4.69) is 35.7 Å². The zero-order valence-corrected chi connectivity index (χ0v) is 15.0. The van der Waals surface area contributed by atoms with Gasteiger partial charge in [0.05, 0.1) is 5.69 Å². The van der Waals surface area contributed by atoms with Gasteiger partial charge in [0, 0.05) is 36.6 Å². The van der Waals surface area contributed by atoms with Crippen LogP contribution in [0.25, 0.3) is 22.5 Å². The van der Waals surface area contributed by atoms with Crippen molar-refractivity contribution < 1.29 is 4.39 Å². The van der Waals surface area contributed by atoms with Crippen molar-refractivity contribution in [3.63, 3.8) is 0 Å². The van der Waals surface area contributed by atoms with Gasteiger partial charge in [-0.15, -0.1) is 6.58 Å². The molecule has 0 saturated heterocycles. The van der Waals surface area contributed by atoms with E-state index in [1.165, 1.54) is 12.1 Å². The molecule has 134 valence electrons. The number of anilines is 1. The number of hydrogen-bond donors (Lipinski definition) is 1. The topological polar surface area (TPSA) is 55.6 Å². The van der Waals surface area contributed by atoms with Crippen LogP contribution in [0.1, 0.15) is 13.8 Å². The molecule has 2 aromatic heterocycles. The second kappa shape index (κ2) is 7.91. The smallest absolute Gasteiger partial charge is 0.223 e. The van der Waals surface area contributed by atoms with Crippen molar-refractivity contribution in [2.24, 2.45) is 5.92 Å². The molecule has 0 aliphatic carbocycles. The molecular weight excluding hydrogens is 329 g/mol. The van der Waals surface area contributed by atoms with Crippen LogP contribution in [0.15, 0.2) is 55.4 Å². The lowest BCUT2D eigenvalue weighted by molar-refractivity contribution is 0.484. The van der Waals surface area contributed by atoms with Crippen LogP contribution in [0.5, 0.6) is 0 Å². The van der Waals surface area contributed by atoms with Crippen molar-refractivity contribution in [2.45, 2.75) is 20.4 Å². The average Bonchev–Trinajstić information content (AvgIpc) is 3.04. The van der Waals surface area contributed by atoms with Gasteiger partial charge < -0.3 is 5.32 Å². The Morgan fingerprint density at radius 3 is 2.69 bits per heavy atom. The lowest BCUT2D eigenvalue weighted by Gasteiger charge is -2.05. The number of nitrogens with one attached hydrogen (secondary N) is 1. The van der Waals surface area contributed by atoms with Crippen LogP contribution in [0.2, 0.25) is 0 Å². The van der Waals surface area contributed by atoms with Crippen molar-refractivity contribution >= 4 is 5.95 Å². The van der Waals surface area contributed by atoms with Crippen LogP contribution in [0.3, 0.4) is 0 Å². The van der Waals surface area contributed by atoms with Gasteiger partial charge >= 0.3 is 0 Å². The van der Waals surface area contributed by atoms with Crippen LogP contribution in [-0.4, -0.2) is 26.3 Å². The molecule has 1 N–H and O–H groups in total. The summed E-state index contributed by atoms with van der Waals surface area (Å²) in [5, 5.41) is 7.81. The molecule has 3 aromatic rings. The molecule has 0 radical (unpaired) electrons. The van der Waals surface area contributed by atoms with Gasteiger partial charge in [0.25, 0.3) is 0 Å². The Kier molecular flexibility index (Phi) is 5.41. The van der Waals surface area contributed by atoms with E-state index in [4.69, 9.17) is 5.10 Å². The van der Waals surface area contributed by atoms with Crippen LogP contribution in [-0.2, 0) is 6.54 Å². The fraction of sp³-hybridized carbons (Fsp3) is 0.250. The van der Waals surface area contributed by atoms with Crippen LogP contribution < -0.4 is 5.32 Å². The van der Waals surface area contributed by atoms with Gasteiger partial charge in [0.1, 0.15) is 11.5 Å². The molecule has 6 heteroatoms. The molecule has 1 aromatic carbocycles. The summed E-state index contributed by atoms with van der Waals surface area (Å²) in [6, 6.07) is 8.20. The quantitative estimate of drug-likeness (QED) is 0.641. The van der Waals surface area contributed by atoms with E-state index in [-0.39, 0.29) is 5.82 Å². The molecule has 0 saturated carbocycles. The first-order chi connectivity index (χ1) is 12.6. The SMILES string of the molecule is C=CCNc1nccc(-c2cn(CC(C)C)nc2-c2ccc(F)cc2)n1. The Hall–Kier alpha value is -3.02. The van der Waals surface area contributed by atoms with Crippen molar-refractivity contribution in [2.75, 3.05) is 11.9 Å². The van der Waals surface area contributed by atoms with Crippen molar-refractivity contribution in [1.82, 2.24) is 19.7 Å². The summed E-state index contributed by atoms with van der Waals surface area (Å²) >= 11 is 0. The Labute approximate surface area is 152 Å². The molecule has 0 bridgehead atoms. The van der Waals surface area contributed by atoms with E-state index < -0.39 is 0 Å². The van der Waals surface area contributed by atoms with E-state index in [0.29, 0.717) is 18.4 Å². The third kappa shape index (κ3) is 4.14. The minimum Gasteiger partial charge on any atom is -0.351 e. The second-order valence-electron chi connectivity index (χ2n) is 6.45. The minimum absolute atomic E-state index is 0.269. The largest absolute Gasteiger partial charge is 0.351 e. The molecule has 0 atom stereocenters. The Morgan fingerprint density at radius 2 is 2.00 bits per heavy atom. The lowest BCUT2D eigenvalue weighted by atomic mass is 10.1. The van der Waals surface area contributed by atoms with Crippen LogP contribution in [0.4, 0.5) is 10.3 Å². The molecule has 3 rings (SSSR count). The molecule has 0 amide bonds. The monoisotopic (exact) mass is 351 g/mol. The highest BCUT2D eigenvalue weighted by molar-refractivity contribution is 5.78. The first-order valence-electron chi connectivity index (χ1n) is 8.58. The standard InChI is InChI=1S/C20H22FN5/c1-4-10-22-20-23-11-9-18(24-20)17-13-26(12-14(2)3)25-19(17)15-5-7-16(21)8-6-15/h4-9,11,13-14H,1,10,12H2,2-3H3,(H,22,23,24). The minimum atomic E-state index is -0.269. The third-order valence-electron chi connectivity index (χ3n) is 3.77. The summed E-state index contributed by atoms with van der Waals surface area (Å²) < 4.78 is 15.2. The molecule has 0 unspecified atom stereocenters. The van der Waals surface area contributed by atoms with Gasteiger partial charge in [-0.05, 0) is 36.2 Å². The summed E-state index contributed by atoms with van der Waals surface area (Å²) in [7, 11) is 0. The van der Waals surface area contributed by atoms with Gasteiger partial charge in [-0.1, -0.05) is 19.9 Å². The first-order valence-corrected chi connectivity index (χ1v) is 8.58. The average molecular weight is 351 g/mol.